The molecular weight excluding hydrogens is 228 g/mol. The summed E-state index contributed by atoms with van der Waals surface area (Å²) in [5.74, 6) is 0.841. The Kier molecular flexibility index (Phi) is 2.23. The summed E-state index contributed by atoms with van der Waals surface area (Å²) in [5, 5.41) is 0. The Morgan fingerprint density at radius 1 is 1.12 bits per heavy atom. The number of aryl methyl sites for hydroxylation is 2. The molecule has 0 bridgehead atoms. The molecule has 0 unspecified atom stereocenters. The number of aromatic nitrogens is 1. The molecule has 2 aromatic heterocycles. The van der Waals surface area contributed by atoms with Crippen LogP contribution in [0.1, 0.15) is 10.6 Å². The predicted octanol–water partition coefficient (Wildman–Crippen LogP) is 3.87. The number of benzene rings is 1. The lowest BCUT2D eigenvalue weighted by atomic mass is 10.1. The van der Waals surface area contributed by atoms with Gasteiger partial charge >= 0.3 is 0 Å². The van der Waals surface area contributed by atoms with Gasteiger partial charge in [0.25, 0.3) is 0 Å². The van der Waals surface area contributed by atoms with E-state index in [9.17, 15) is 0 Å². The number of hydrogen-bond acceptors (Lipinski definition) is 2. The second kappa shape index (κ2) is 3.64. The van der Waals surface area contributed by atoms with E-state index in [1.165, 1.54) is 21.0 Å². The average Bonchev–Trinajstić information content (AvgIpc) is 2.80. The average molecular weight is 242 g/mol. The predicted molar refractivity (Wildman–Crippen MR) is 74.6 cm³/mol. The molecule has 2 nitrogen and oxygen atoms in total. The molecule has 0 aliphatic rings. The van der Waals surface area contributed by atoms with Crippen molar-refractivity contribution in [1.29, 1.82) is 0 Å². The number of anilines is 1. The van der Waals surface area contributed by atoms with Gasteiger partial charge in [0, 0.05) is 16.1 Å². The van der Waals surface area contributed by atoms with Crippen LogP contribution in [-0.4, -0.2) is 4.40 Å². The van der Waals surface area contributed by atoms with Crippen LogP contribution >= 0.6 is 11.3 Å². The first kappa shape index (κ1) is 10.4. The minimum atomic E-state index is 0.841. The van der Waals surface area contributed by atoms with Crippen molar-refractivity contribution >= 4 is 22.0 Å². The second-order valence-electron chi connectivity index (χ2n) is 4.23. The quantitative estimate of drug-likeness (QED) is 0.690. The molecule has 0 fully saturated rings. The zero-order chi connectivity index (χ0) is 12.0. The molecule has 2 heterocycles. The molecule has 0 atom stereocenters. The third kappa shape index (κ3) is 1.46. The van der Waals surface area contributed by atoms with Crippen LogP contribution in [0.5, 0.6) is 0 Å². The largest absolute Gasteiger partial charge is 0.384 e. The topological polar surface area (TPSA) is 30.4 Å². The summed E-state index contributed by atoms with van der Waals surface area (Å²) in [6.07, 6.45) is 0. The number of nitrogen functional groups attached to an aromatic ring is 1. The molecule has 3 aromatic rings. The van der Waals surface area contributed by atoms with Crippen LogP contribution in [0, 0.1) is 13.8 Å². The van der Waals surface area contributed by atoms with Crippen molar-refractivity contribution in [2.45, 2.75) is 13.8 Å². The monoisotopic (exact) mass is 242 g/mol. The van der Waals surface area contributed by atoms with Crippen LogP contribution in [0.3, 0.4) is 0 Å². The maximum Gasteiger partial charge on any atom is 0.116 e. The highest BCUT2D eigenvalue weighted by molar-refractivity contribution is 7.17. The number of nitrogens with zero attached hydrogens (tertiary/aromatic N) is 1. The van der Waals surface area contributed by atoms with Gasteiger partial charge in [-0.1, -0.05) is 30.3 Å². The van der Waals surface area contributed by atoms with E-state index in [1.54, 1.807) is 11.3 Å². The van der Waals surface area contributed by atoms with Gasteiger partial charge in [0.2, 0.25) is 0 Å². The smallest absolute Gasteiger partial charge is 0.116 e. The summed E-state index contributed by atoms with van der Waals surface area (Å²) in [6.45, 7) is 4.25. The molecule has 0 spiro atoms. The Bertz CT molecular complexity index is 677. The molecule has 0 saturated heterocycles. The van der Waals surface area contributed by atoms with E-state index in [-0.39, 0.29) is 0 Å². The van der Waals surface area contributed by atoms with Gasteiger partial charge in [0.05, 0.1) is 0 Å². The fourth-order valence-electron chi connectivity index (χ4n) is 2.16. The van der Waals surface area contributed by atoms with Gasteiger partial charge in [-0.3, -0.25) is 4.40 Å². The zero-order valence-electron chi connectivity index (χ0n) is 9.90. The van der Waals surface area contributed by atoms with Crippen LogP contribution in [-0.2, 0) is 0 Å². The van der Waals surface area contributed by atoms with Crippen LogP contribution < -0.4 is 5.73 Å². The summed E-state index contributed by atoms with van der Waals surface area (Å²) >= 11 is 1.79. The first-order valence-electron chi connectivity index (χ1n) is 5.61. The summed E-state index contributed by atoms with van der Waals surface area (Å²) in [6, 6.07) is 12.5. The molecule has 0 saturated carbocycles. The van der Waals surface area contributed by atoms with Gasteiger partial charge in [-0.05, 0) is 25.5 Å². The van der Waals surface area contributed by atoms with Crippen LogP contribution in [0.15, 0.2) is 36.4 Å². The lowest BCUT2D eigenvalue weighted by molar-refractivity contribution is 1.13. The van der Waals surface area contributed by atoms with Crippen LogP contribution in [0.4, 0.5) is 5.82 Å². The second-order valence-corrected chi connectivity index (χ2v) is 5.46. The number of thiazole rings is 1. The van der Waals surface area contributed by atoms with Crippen molar-refractivity contribution in [3.8, 4) is 11.1 Å². The highest BCUT2D eigenvalue weighted by atomic mass is 32.1. The van der Waals surface area contributed by atoms with Gasteiger partial charge < -0.3 is 5.73 Å². The highest BCUT2D eigenvalue weighted by Gasteiger charge is 2.13. The van der Waals surface area contributed by atoms with Crippen molar-refractivity contribution in [2.24, 2.45) is 0 Å². The first-order chi connectivity index (χ1) is 8.18. The third-order valence-electron chi connectivity index (χ3n) is 3.19. The van der Waals surface area contributed by atoms with Gasteiger partial charge in [-0.2, -0.15) is 0 Å². The van der Waals surface area contributed by atoms with Gasteiger partial charge in [-0.15, -0.1) is 11.3 Å². The summed E-state index contributed by atoms with van der Waals surface area (Å²) in [7, 11) is 0. The normalized spacial score (nSPS) is 11.2. The van der Waals surface area contributed by atoms with E-state index < -0.39 is 0 Å². The molecule has 86 valence electrons. The van der Waals surface area contributed by atoms with Crippen molar-refractivity contribution < 1.29 is 0 Å². The van der Waals surface area contributed by atoms with Crippen molar-refractivity contribution in [1.82, 2.24) is 4.40 Å². The van der Waals surface area contributed by atoms with E-state index in [0.29, 0.717) is 0 Å². The number of rotatable bonds is 1. The minimum absolute atomic E-state index is 0.841. The number of nitrogens with two attached hydrogens (primary N) is 1. The van der Waals surface area contributed by atoms with Gasteiger partial charge in [0.15, 0.2) is 0 Å². The van der Waals surface area contributed by atoms with Crippen LogP contribution in [0.2, 0.25) is 0 Å². The minimum Gasteiger partial charge on any atom is -0.384 e. The van der Waals surface area contributed by atoms with Crippen molar-refractivity contribution in [3.05, 3.63) is 47.0 Å². The number of hydrogen-bond donors (Lipinski definition) is 1. The maximum atomic E-state index is 6.25. The molecule has 17 heavy (non-hydrogen) atoms. The Labute approximate surface area is 104 Å². The molecule has 3 rings (SSSR count). The number of fused-ring (bicyclic) bond motifs is 1. The molecular formula is C14H14N2S. The molecule has 2 N–H and O–H groups in total. The Hall–Kier alpha value is -1.74. The van der Waals surface area contributed by atoms with Crippen molar-refractivity contribution in [2.75, 3.05) is 5.73 Å². The molecule has 0 aliphatic carbocycles. The Balaban J connectivity index is 2.30. The molecule has 0 radical (unpaired) electrons. The fraction of sp³-hybridized carbons (Fsp3) is 0.143. The lowest BCUT2D eigenvalue weighted by Gasteiger charge is -2.01. The SMILES string of the molecule is Cc1sc2cc(-c3ccccc3)c(N)n2c1C. The van der Waals surface area contributed by atoms with E-state index >= 15 is 0 Å². The summed E-state index contributed by atoms with van der Waals surface area (Å²) in [4.78, 5) is 2.54. The van der Waals surface area contributed by atoms with Crippen molar-refractivity contribution in [3.63, 3.8) is 0 Å². The summed E-state index contributed by atoms with van der Waals surface area (Å²) in [5.41, 5.74) is 9.80. The van der Waals surface area contributed by atoms with E-state index in [4.69, 9.17) is 5.73 Å². The standard InChI is InChI=1S/C14H14N2S/c1-9-10(2)17-13-8-12(14(15)16(9)13)11-6-4-3-5-7-11/h3-8H,15H2,1-2H3. The van der Waals surface area contributed by atoms with E-state index in [0.717, 1.165) is 11.4 Å². The van der Waals surface area contributed by atoms with Gasteiger partial charge in [0.1, 0.15) is 10.6 Å². The zero-order valence-corrected chi connectivity index (χ0v) is 10.7. The Morgan fingerprint density at radius 2 is 1.82 bits per heavy atom. The van der Waals surface area contributed by atoms with E-state index in [2.05, 4.69) is 36.4 Å². The Morgan fingerprint density at radius 3 is 2.47 bits per heavy atom. The molecule has 3 heteroatoms. The lowest BCUT2D eigenvalue weighted by Crippen LogP contribution is -1.95. The van der Waals surface area contributed by atoms with Crippen LogP contribution in [0.25, 0.3) is 16.0 Å². The maximum absolute atomic E-state index is 6.25. The molecule has 0 amide bonds. The fourth-order valence-corrected chi connectivity index (χ4v) is 3.22. The van der Waals surface area contributed by atoms with E-state index in [1.807, 2.05) is 18.2 Å². The van der Waals surface area contributed by atoms with Gasteiger partial charge in [-0.25, -0.2) is 0 Å². The molecule has 0 aliphatic heterocycles. The first-order valence-corrected chi connectivity index (χ1v) is 6.42. The third-order valence-corrected chi connectivity index (χ3v) is 4.30. The highest BCUT2D eigenvalue weighted by Crippen LogP contribution is 2.35. The summed E-state index contributed by atoms with van der Waals surface area (Å²) < 4.78 is 2.14. The molecule has 1 aromatic carbocycles.